The van der Waals surface area contributed by atoms with E-state index in [4.69, 9.17) is 0 Å². The number of thiol groups is 2. The van der Waals surface area contributed by atoms with Gasteiger partial charge in [0.25, 0.3) is 0 Å². The molecule has 2 heteroatoms. The summed E-state index contributed by atoms with van der Waals surface area (Å²) in [5, 5.41) is 0. The molecule has 0 bridgehead atoms. The Kier molecular flexibility index (Phi) is 2.69. The summed E-state index contributed by atoms with van der Waals surface area (Å²) in [6.07, 6.45) is 0.999. The fourth-order valence-corrected chi connectivity index (χ4v) is 1.74. The fraction of sp³-hybridized carbons (Fsp3) is 0.250. The smallest absolute Gasteiger partial charge is 0.00830 e. The van der Waals surface area contributed by atoms with Crippen LogP contribution in [-0.4, -0.2) is 0 Å². The van der Waals surface area contributed by atoms with Crippen LogP contribution in [0.3, 0.4) is 0 Å². The van der Waals surface area contributed by atoms with Crippen molar-refractivity contribution in [3.8, 4) is 0 Å². The van der Waals surface area contributed by atoms with Gasteiger partial charge in [-0.15, -0.1) is 25.3 Å². The Balaban J connectivity index is 3.17. The molecule has 0 aliphatic rings. The maximum Gasteiger partial charge on any atom is 0.00830 e. The fourth-order valence-electron chi connectivity index (χ4n) is 0.925. The average molecular weight is 170 g/mol. The summed E-state index contributed by atoms with van der Waals surface area (Å²) in [5.74, 6) is 0. The van der Waals surface area contributed by atoms with Crippen LogP contribution in [0.25, 0.3) is 0 Å². The molecule has 0 spiro atoms. The second-order valence-corrected chi connectivity index (χ2v) is 3.09. The Morgan fingerprint density at radius 1 is 1.20 bits per heavy atom. The van der Waals surface area contributed by atoms with E-state index in [9.17, 15) is 0 Å². The van der Waals surface area contributed by atoms with E-state index in [0.717, 1.165) is 16.2 Å². The lowest BCUT2D eigenvalue weighted by atomic mass is 10.2. The van der Waals surface area contributed by atoms with E-state index in [-0.39, 0.29) is 0 Å². The molecule has 1 rings (SSSR count). The molecule has 0 aromatic heterocycles. The van der Waals surface area contributed by atoms with Crippen molar-refractivity contribution in [3.63, 3.8) is 0 Å². The minimum absolute atomic E-state index is 0.999. The minimum Gasteiger partial charge on any atom is -0.143 e. The van der Waals surface area contributed by atoms with Gasteiger partial charge in [-0.1, -0.05) is 13.0 Å². The van der Waals surface area contributed by atoms with Gasteiger partial charge >= 0.3 is 0 Å². The molecular formula is C8H10S2. The highest BCUT2D eigenvalue weighted by atomic mass is 32.1. The molecule has 0 fully saturated rings. The number of hydrogen-bond acceptors (Lipinski definition) is 2. The van der Waals surface area contributed by atoms with E-state index in [2.05, 4.69) is 32.2 Å². The molecule has 0 aliphatic heterocycles. The quantitative estimate of drug-likeness (QED) is 0.595. The molecule has 0 aliphatic carbocycles. The molecule has 1 aromatic carbocycles. The largest absolute Gasteiger partial charge is 0.143 e. The summed E-state index contributed by atoms with van der Waals surface area (Å²) < 4.78 is 0. The van der Waals surface area contributed by atoms with Gasteiger partial charge in [0.2, 0.25) is 0 Å². The standard InChI is InChI=1S/C8H10S2/c1-2-6-7(9)4-3-5-8(6)10/h3-5,9-10H,2H2,1H3. The van der Waals surface area contributed by atoms with E-state index in [1.807, 2.05) is 18.2 Å². The highest BCUT2D eigenvalue weighted by molar-refractivity contribution is 7.81. The van der Waals surface area contributed by atoms with E-state index >= 15 is 0 Å². The molecule has 0 radical (unpaired) electrons. The van der Waals surface area contributed by atoms with Crippen LogP contribution in [0.4, 0.5) is 0 Å². The molecule has 54 valence electrons. The molecule has 0 atom stereocenters. The molecule has 0 unspecified atom stereocenters. The Morgan fingerprint density at radius 2 is 1.70 bits per heavy atom. The molecule has 0 saturated carbocycles. The van der Waals surface area contributed by atoms with E-state index in [1.165, 1.54) is 5.56 Å². The Hall–Kier alpha value is -0.0800. The zero-order valence-electron chi connectivity index (χ0n) is 5.83. The van der Waals surface area contributed by atoms with Gasteiger partial charge in [0, 0.05) is 9.79 Å². The lowest BCUT2D eigenvalue weighted by Crippen LogP contribution is -1.83. The highest BCUT2D eigenvalue weighted by Gasteiger charge is 1.98. The molecule has 0 heterocycles. The van der Waals surface area contributed by atoms with Gasteiger partial charge in [-0.25, -0.2) is 0 Å². The predicted octanol–water partition coefficient (Wildman–Crippen LogP) is 2.83. The molecule has 0 N–H and O–H groups in total. The van der Waals surface area contributed by atoms with E-state index < -0.39 is 0 Å². The van der Waals surface area contributed by atoms with Crippen LogP contribution in [0, 0.1) is 0 Å². The van der Waals surface area contributed by atoms with Crippen molar-refractivity contribution >= 4 is 25.3 Å². The van der Waals surface area contributed by atoms with Gasteiger partial charge in [-0.3, -0.25) is 0 Å². The van der Waals surface area contributed by atoms with Crippen molar-refractivity contribution in [1.29, 1.82) is 0 Å². The summed E-state index contributed by atoms with van der Waals surface area (Å²) in [7, 11) is 0. The van der Waals surface area contributed by atoms with Gasteiger partial charge < -0.3 is 0 Å². The van der Waals surface area contributed by atoms with Gasteiger partial charge in [-0.05, 0) is 24.1 Å². The van der Waals surface area contributed by atoms with Gasteiger partial charge in [-0.2, -0.15) is 0 Å². The number of benzene rings is 1. The van der Waals surface area contributed by atoms with Gasteiger partial charge in [0.15, 0.2) is 0 Å². The van der Waals surface area contributed by atoms with E-state index in [0.29, 0.717) is 0 Å². The van der Waals surface area contributed by atoms with Gasteiger partial charge in [0.1, 0.15) is 0 Å². The van der Waals surface area contributed by atoms with Crippen molar-refractivity contribution in [2.75, 3.05) is 0 Å². The molecule has 0 amide bonds. The maximum absolute atomic E-state index is 4.30. The maximum atomic E-state index is 4.30. The van der Waals surface area contributed by atoms with Crippen LogP contribution < -0.4 is 0 Å². The first-order chi connectivity index (χ1) is 4.75. The van der Waals surface area contributed by atoms with Crippen LogP contribution in [0.2, 0.25) is 0 Å². The van der Waals surface area contributed by atoms with Crippen LogP contribution in [0.1, 0.15) is 12.5 Å². The first-order valence-electron chi connectivity index (χ1n) is 3.25. The first kappa shape index (κ1) is 8.02. The Bertz CT molecular complexity index is 210. The molecule has 1 aromatic rings. The zero-order valence-corrected chi connectivity index (χ0v) is 7.62. The molecular weight excluding hydrogens is 160 g/mol. The summed E-state index contributed by atoms with van der Waals surface area (Å²) in [6, 6.07) is 5.94. The normalized spacial score (nSPS) is 9.90. The topological polar surface area (TPSA) is 0 Å². The number of rotatable bonds is 1. The summed E-state index contributed by atoms with van der Waals surface area (Å²) >= 11 is 8.60. The van der Waals surface area contributed by atoms with Crippen LogP contribution in [0.15, 0.2) is 28.0 Å². The van der Waals surface area contributed by atoms with Crippen molar-refractivity contribution in [3.05, 3.63) is 23.8 Å². The summed E-state index contributed by atoms with van der Waals surface area (Å²) in [6.45, 7) is 2.11. The highest BCUT2D eigenvalue weighted by Crippen LogP contribution is 2.21. The third kappa shape index (κ3) is 1.50. The Morgan fingerprint density at radius 3 is 2.00 bits per heavy atom. The lowest BCUT2D eigenvalue weighted by Gasteiger charge is -2.03. The van der Waals surface area contributed by atoms with Crippen LogP contribution in [-0.2, 0) is 6.42 Å². The third-order valence-corrected chi connectivity index (χ3v) is 2.32. The van der Waals surface area contributed by atoms with Gasteiger partial charge in [0.05, 0.1) is 0 Å². The SMILES string of the molecule is CCc1c(S)cccc1S. The summed E-state index contributed by atoms with van der Waals surface area (Å²) in [5.41, 5.74) is 1.23. The first-order valence-corrected chi connectivity index (χ1v) is 4.15. The molecule has 0 nitrogen and oxygen atoms in total. The third-order valence-electron chi connectivity index (χ3n) is 1.48. The Labute approximate surface area is 72.5 Å². The summed E-state index contributed by atoms with van der Waals surface area (Å²) in [4.78, 5) is 2.07. The monoisotopic (exact) mass is 170 g/mol. The van der Waals surface area contributed by atoms with Crippen molar-refractivity contribution in [2.45, 2.75) is 23.1 Å². The lowest BCUT2D eigenvalue weighted by molar-refractivity contribution is 1.03. The van der Waals surface area contributed by atoms with E-state index in [1.54, 1.807) is 0 Å². The van der Waals surface area contributed by atoms with Crippen LogP contribution in [0.5, 0.6) is 0 Å². The van der Waals surface area contributed by atoms with Crippen molar-refractivity contribution in [2.24, 2.45) is 0 Å². The van der Waals surface area contributed by atoms with Crippen LogP contribution >= 0.6 is 25.3 Å². The van der Waals surface area contributed by atoms with Crippen molar-refractivity contribution in [1.82, 2.24) is 0 Å². The average Bonchev–Trinajstić information content (AvgIpc) is 1.88. The molecule has 10 heavy (non-hydrogen) atoms. The zero-order chi connectivity index (χ0) is 7.56. The van der Waals surface area contributed by atoms with Crippen molar-refractivity contribution < 1.29 is 0 Å². The second-order valence-electron chi connectivity index (χ2n) is 2.13. The second kappa shape index (κ2) is 3.35. The number of hydrogen-bond donors (Lipinski definition) is 2. The molecule has 0 saturated heterocycles. The minimum atomic E-state index is 0.999. The predicted molar refractivity (Wildman–Crippen MR) is 50.3 cm³/mol.